The van der Waals surface area contributed by atoms with Gasteiger partial charge in [0.2, 0.25) is 0 Å². The quantitative estimate of drug-likeness (QED) is 0.836. The molecule has 0 bridgehead atoms. The molecule has 96 valence electrons. The molecule has 0 saturated heterocycles. The monoisotopic (exact) mass is 313 g/mol. The highest BCUT2D eigenvalue weighted by Gasteiger charge is 2.31. The highest BCUT2D eigenvalue weighted by molar-refractivity contribution is 9.10. The zero-order valence-electron chi connectivity index (χ0n) is 9.11. The molecule has 1 nitrogen and oxygen atoms in total. The van der Waals surface area contributed by atoms with Gasteiger partial charge in [0.25, 0.3) is 0 Å². The van der Waals surface area contributed by atoms with Gasteiger partial charge in [-0.25, -0.2) is 4.39 Å². The average Bonchev–Trinajstić information content (AvgIpc) is 2.19. The molecule has 0 aliphatic carbocycles. The van der Waals surface area contributed by atoms with Gasteiger partial charge in [0, 0.05) is 10.5 Å². The summed E-state index contributed by atoms with van der Waals surface area (Å²) in [5.74, 6) is -0.419. The van der Waals surface area contributed by atoms with Gasteiger partial charge in [-0.3, -0.25) is 0 Å². The second-order valence-electron chi connectivity index (χ2n) is 3.74. The van der Waals surface area contributed by atoms with Gasteiger partial charge in [0.15, 0.2) is 0 Å². The Morgan fingerprint density at radius 2 is 2.00 bits per heavy atom. The van der Waals surface area contributed by atoms with E-state index in [1.54, 1.807) is 0 Å². The maximum absolute atomic E-state index is 12.8. The molecule has 0 radical (unpaired) electrons. The lowest BCUT2D eigenvalue weighted by atomic mass is 10.0. The summed E-state index contributed by atoms with van der Waals surface area (Å²) in [5.41, 5.74) is 0.648. The van der Waals surface area contributed by atoms with Crippen LogP contribution in [0.5, 0.6) is 0 Å². The van der Waals surface area contributed by atoms with Crippen molar-refractivity contribution in [2.75, 3.05) is 7.05 Å². The zero-order valence-corrected chi connectivity index (χ0v) is 10.7. The van der Waals surface area contributed by atoms with E-state index in [0.717, 1.165) is 0 Å². The second kappa shape index (κ2) is 5.82. The first kappa shape index (κ1) is 14.4. The van der Waals surface area contributed by atoms with E-state index in [1.165, 1.54) is 25.2 Å². The van der Waals surface area contributed by atoms with Gasteiger partial charge in [-0.1, -0.05) is 22.0 Å². The second-order valence-corrected chi connectivity index (χ2v) is 4.60. The molecule has 0 aliphatic heterocycles. The van der Waals surface area contributed by atoms with Crippen LogP contribution in [0.3, 0.4) is 0 Å². The largest absolute Gasteiger partial charge is 0.390 e. The van der Waals surface area contributed by atoms with Gasteiger partial charge >= 0.3 is 6.18 Å². The van der Waals surface area contributed by atoms with E-state index >= 15 is 0 Å². The average molecular weight is 314 g/mol. The van der Waals surface area contributed by atoms with Crippen LogP contribution in [0.1, 0.15) is 12.0 Å². The SMILES string of the molecule is CNC(Cc1ccc(F)cc1Br)CC(F)(F)F. The number of hydrogen-bond acceptors (Lipinski definition) is 1. The Bertz CT molecular complexity index is 378. The number of nitrogens with one attached hydrogen (secondary N) is 1. The Morgan fingerprint density at radius 3 is 2.47 bits per heavy atom. The van der Waals surface area contributed by atoms with E-state index in [4.69, 9.17) is 0 Å². The number of benzene rings is 1. The molecular weight excluding hydrogens is 302 g/mol. The molecule has 1 aromatic carbocycles. The summed E-state index contributed by atoms with van der Waals surface area (Å²) in [6.07, 6.45) is -4.93. The van der Waals surface area contributed by atoms with E-state index in [0.29, 0.717) is 10.0 Å². The van der Waals surface area contributed by atoms with Gasteiger partial charge in [-0.2, -0.15) is 13.2 Å². The lowest BCUT2D eigenvalue weighted by molar-refractivity contribution is -0.139. The van der Waals surface area contributed by atoms with Crippen molar-refractivity contribution in [2.24, 2.45) is 0 Å². The predicted octanol–water partition coefficient (Wildman–Crippen LogP) is 3.67. The van der Waals surface area contributed by atoms with Crippen LogP contribution in [0, 0.1) is 5.82 Å². The summed E-state index contributed by atoms with van der Waals surface area (Å²) >= 11 is 3.14. The summed E-state index contributed by atoms with van der Waals surface area (Å²) in [6, 6.07) is 3.26. The fourth-order valence-electron chi connectivity index (χ4n) is 1.51. The van der Waals surface area contributed by atoms with Crippen molar-refractivity contribution in [1.29, 1.82) is 0 Å². The molecular formula is C11H12BrF4N. The fourth-order valence-corrected chi connectivity index (χ4v) is 2.02. The summed E-state index contributed by atoms with van der Waals surface area (Å²) in [7, 11) is 1.48. The Labute approximate surface area is 105 Å². The molecule has 0 amide bonds. The van der Waals surface area contributed by atoms with Crippen molar-refractivity contribution in [3.63, 3.8) is 0 Å². The molecule has 0 saturated carbocycles. The molecule has 1 aromatic rings. The molecule has 0 heterocycles. The van der Waals surface area contributed by atoms with Crippen LogP contribution in [-0.4, -0.2) is 19.3 Å². The van der Waals surface area contributed by atoms with Crippen molar-refractivity contribution in [3.8, 4) is 0 Å². The Balaban J connectivity index is 2.74. The summed E-state index contributed by atoms with van der Waals surface area (Å²) < 4.78 is 50.0. The van der Waals surface area contributed by atoms with Crippen LogP contribution >= 0.6 is 15.9 Å². The number of rotatable bonds is 4. The fraction of sp³-hybridized carbons (Fsp3) is 0.455. The van der Waals surface area contributed by atoms with E-state index in [1.807, 2.05) is 0 Å². The predicted molar refractivity (Wildman–Crippen MR) is 61.3 cm³/mol. The van der Waals surface area contributed by atoms with E-state index < -0.39 is 24.5 Å². The molecule has 0 aromatic heterocycles. The molecule has 6 heteroatoms. The van der Waals surface area contributed by atoms with Crippen molar-refractivity contribution >= 4 is 15.9 Å². The third kappa shape index (κ3) is 5.04. The van der Waals surface area contributed by atoms with Gasteiger partial charge < -0.3 is 5.32 Å². The minimum atomic E-state index is -4.21. The molecule has 17 heavy (non-hydrogen) atoms. The van der Waals surface area contributed by atoms with Crippen LogP contribution < -0.4 is 5.32 Å². The zero-order chi connectivity index (χ0) is 13.1. The first-order chi connectivity index (χ1) is 7.81. The smallest absolute Gasteiger partial charge is 0.316 e. The normalized spacial score (nSPS) is 13.8. The van der Waals surface area contributed by atoms with Crippen molar-refractivity contribution in [2.45, 2.75) is 25.1 Å². The minimum Gasteiger partial charge on any atom is -0.316 e. The van der Waals surface area contributed by atoms with Crippen molar-refractivity contribution in [3.05, 3.63) is 34.1 Å². The van der Waals surface area contributed by atoms with Crippen LogP contribution in [0.25, 0.3) is 0 Å². The van der Waals surface area contributed by atoms with Gasteiger partial charge in [0.1, 0.15) is 5.82 Å². The number of halogens is 5. The highest BCUT2D eigenvalue weighted by atomic mass is 79.9. The standard InChI is InChI=1S/C11H12BrF4N/c1-17-9(6-11(14,15)16)4-7-2-3-8(13)5-10(7)12/h2-3,5,9,17H,4,6H2,1H3. The first-order valence-corrected chi connectivity index (χ1v) is 5.79. The third-order valence-corrected chi connectivity index (χ3v) is 3.11. The lowest BCUT2D eigenvalue weighted by Crippen LogP contribution is -2.33. The molecule has 1 atom stereocenters. The highest BCUT2D eigenvalue weighted by Crippen LogP contribution is 2.25. The van der Waals surface area contributed by atoms with E-state index in [-0.39, 0.29) is 6.42 Å². The maximum Gasteiger partial charge on any atom is 0.390 e. The number of alkyl halides is 3. The number of hydrogen-bond donors (Lipinski definition) is 1. The lowest BCUT2D eigenvalue weighted by Gasteiger charge is -2.18. The van der Waals surface area contributed by atoms with E-state index in [9.17, 15) is 17.6 Å². The third-order valence-electron chi connectivity index (χ3n) is 2.37. The summed E-state index contributed by atoms with van der Waals surface area (Å²) in [6.45, 7) is 0. The summed E-state index contributed by atoms with van der Waals surface area (Å²) in [4.78, 5) is 0. The molecule has 0 aliphatic rings. The Hall–Kier alpha value is -0.620. The van der Waals surface area contributed by atoms with Gasteiger partial charge in [0.05, 0.1) is 6.42 Å². The van der Waals surface area contributed by atoms with Crippen molar-refractivity contribution in [1.82, 2.24) is 5.32 Å². The topological polar surface area (TPSA) is 12.0 Å². The van der Waals surface area contributed by atoms with Crippen molar-refractivity contribution < 1.29 is 17.6 Å². The molecule has 1 N–H and O–H groups in total. The molecule has 1 unspecified atom stereocenters. The Kier molecular flexibility index (Phi) is 4.94. The van der Waals surface area contributed by atoms with Gasteiger partial charge in [-0.15, -0.1) is 0 Å². The Morgan fingerprint density at radius 1 is 1.35 bits per heavy atom. The maximum atomic E-state index is 12.8. The number of likely N-dealkylation sites (N-methyl/N-ethyl adjacent to an activating group) is 1. The van der Waals surface area contributed by atoms with Crippen LogP contribution in [0.2, 0.25) is 0 Å². The summed E-state index contributed by atoms with van der Waals surface area (Å²) in [5, 5.41) is 2.61. The van der Waals surface area contributed by atoms with Gasteiger partial charge in [-0.05, 0) is 31.2 Å². The molecule has 0 spiro atoms. The van der Waals surface area contributed by atoms with Crippen LogP contribution in [0.15, 0.2) is 22.7 Å². The van der Waals surface area contributed by atoms with Crippen LogP contribution in [0.4, 0.5) is 17.6 Å². The first-order valence-electron chi connectivity index (χ1n) is 5.00. The van der Waals surface area contributed by atoms with Crippen LogP contribution in [-0.2, 0) is 6.42 Å². The molecule has 0 fully saturated rings. The van der Waals surface area contributed by atoms with E-state index in [2.05, 4.69) is 21.2 Å². The molecule has 1 rings (SSSR count). The minimum absolute atomic E-state index is 0.191.